The summed E-state index contributed by atoms with van der Waals surface area (Å²) >= 11 is 0. The van der Waals surface area contributed by atoms with Gasteiger partial charge in [0.1, 0.15) is 0 Å². The number of nitrogens with zero attached hydrogens (tertiary/aromatic N) is 3. The Morgan fingerprint density at radius 1 is 1.10 bits per heavy atom. The number of amidine groups is 1. The number of pyridine rings is 1. The Morgan fingerprint density at radius 2 is 1.90 bits per heavy atom. The zero-order chi connectivity index (χ0) is 13.9. The van der Waals surface area contributed by atoms with Crippen molar-refractivity contribution in [2.24, 2.45) is 9.98 Å². The van der Waals surface area contributed by atoms with E-state index in [1.807, 2.05) is 37.4 Å². The summed E-state index contributed by atoms with van der Waals surface area (Å²) < 4.78 is 13.9. The molecule has 0 unspecified atom stereocenters. The zero-order valence-electron chi connectivity index (χ0n) is 11.2. The fraction of sp³-hybridized carbons (Fsp3) is 0.188. The van der Waals surface area contributed by atoms with Crippen LogP contribution in [-0.2, 0) is 0 Å². The van der Waals surface area contributed by atoms with E-state index >= 15 is 0 Å². The summed E-state index contributed by atoms with van der Waals surface area (Å²) in [5.41, 5.74) is 3.17. The topological polar surface area (TPSA) is 37.6 Å². The van der Waals surface area contributed by atoms with Gasteiger partial charge < -0.3 is 0 Å². The van der Waals surface area contributed by atoms with Gasteiger partial charge in [-0.1, -0.05) is 29.8 Å². The average molecular weight is 267 g/mol. The Morgan fingerprint density at radius 3 is 2.60 bits per heavy atom. The highest BCUT2D eigenvalue weighted by Gasteiger charge is 2.11. The van der Waals surface area contributed by atoms with Crippen LogP contribution in [-0.4, -0.2) is 23.6 Å². The number of aliphatic imine (C=N–C) groups is 2. The van der Waals surface area contributed by atoms with Crippen LogP contribution in [0.15, 0.2) is 46.5 Å². The normalized spacial score (nSPS) is 14.2. The first-order valence-electron chi connectivity index (χ1n) is 6.54. The predicted molar refractivity (Wildman–Crippen MR) is 78.9 cm³/mol. The summed E-state index contributed by atoms with van der Waals surface area (Å²) in [4.78, 5) is 12.4. The number of rotatable bonds is 2. The molecule has 1 aliphatic heterocycles. The van der Waals surface area contributed by atoms with E-state index in [2.05, 4.69) is 15.0 Å². The molecule has 3 nitrogen and oxygen atoms in total. The van der Waals surface area contributed by atoms with Crippen LogP contribution in [0.25, 0.3) is 11.1 Å². The molecule has 0 saturated carbocycles. The van der Waals surface area contributed by atoms with Crippen molar-refractivity contribution in [2.75, 3.05) is 6.54 Å². The molecule has 0 N–H and O–H groups in total. The van der Waals surface area contributed by atoms with Crippen molar-refractivity contribution in [3.63, 3.8) is 0 Å². The van der Waals surface area contributed by atoms with E-state index in [0.717, 1.165) is 29.7 Å². The van der Waals surface area contributed by atoms with Crippen molar-refractivity contribution in [3.05, 3.63) is 53.6 Å². The maximum atomic E-state index is 13.9. The van der Waals surface area contributed by atoms with Crippen LogP contribution in [0.1, 0.15) is 17.5 Å². The summed E-state index contributed by atoms with van der Waals surface area (Å²) in [6, 6.07) is 9.46. The van der Waals surface area contributed by atoms with Gasteiger partial charge >= 0.3 is 0 Å². The maximum absolute atomic E-state index is 13.9. The highest BCUT2D eigenvalue weighted by molar-refractivity contribution is 6.04. The summed E-state index contributed by atoms with van der Waals surface area (Å²) in [7, 11) is 0. The minimum atomic E-state index is -0.474. The Kier molecular flexibility index (Phi) is 3.37. The molecule has 100 valence electrons. The Bertz CT molecular complexity index is 687. The third kappa shape index (κ3) is 2.50. The molecule has 0 aliphatic carbocycles. The monoisotopic (exact) mass is 267 g/mol. The van der Waals surface area contributed by atoms with E-state index in [9.17, 15) is 4.39 Å². The molecular weight excluding hydrogens is 253 g/mol. The SMILES string of the molecule is Cc1ccc(-c2cc(C3=NCCC=N3)cnc2F)cc1. The molecular formula is C16H14FN3. The largest absolute Gasteiger partial charge is 0.266 e. The lowest BCUT2D eigenvalue weighted by Crippen LogP contribution is -2.06. The Labute approximate surface area is 116 Å². The summed E-state index contributed by atoms with van der Waals surface area (Å²) in [5.74, 6) is 0.148. The lowest BCUT2D eigenvalue weighted by Gasteiger charge is -2.08. The number of aryl methyl sites for hydroxylation is 1. The molecule has 0 fully saturated rings. The molecule has 0 bridgehead atoms. The average Bonchev–Trinajstić information content (AvgIpc) is 2.50. The van der Waals surface area contributed by atoms with Gasteiger partial charge in [0.05, 0.1) is 0 Å². The molecule has 0 radical (unpaired) electrons. The van der Waals surface area contributed by atoms with Crippen LogP contribution in [0.5, 0.6) is 0 Å². The smallest absolute Gasteiger partial charge is 0.220 e. The minimum absolute atomic E-state index is 0.474. The second kappa shape index (κ2) is 5.33. The molecule has 1 aliphatic rings. The summed E-state index contributed by atoms with van der Waals surface area (Å²) in [5, 5.41) is 0. The third-order valence-corrected chi connectivity index (χ3v) is 3.19. The first-order valence-corrected chi connectivity index (χ1v) is 6.54. The van der Waals surface area contributed by atoms with Crippen molar-refractivity contribution in [1.82, 2.24) is 4.98 Å². The van der Waals surface area contributed by atoms with Crippen LogP contribution in [0.2, 0.25) is 0 Å². The fourth-order valence-electron chi connectivity index (χ4n) is 2.09. The molecule has 3 rings (SSSR count). The molecule has 20 heavy (non-hydrogen) atoms. The van der Waals surface area contributed by atoms with Gasteiger partial charge in [-0.05, 0) is 18.6 Å². The molecule has 1 aromatic heterocycles. The minimum Gasteiger partial charge on any atom is -0.266 e. The lowest BCUT2D eigenvalue weighted by atomic mass is 10.0. The molecule has 0 saturated heterocycles. The third-order valence-electron chi connectivity index (χ3n) is 3.19. The number of hydrogen-bond donors (Lipinski definition) is 0. The van der Waals surface area contributed by atoms with Gasteiger partial charge in [-0.3, -0.25) is 4.99 Å². The van der Waals surface area contributed by atoms with Crippen molar-refractivity contribution >= 4 is 12.1 Å². The standard InChI is InChI=1S/C16H14FN3/c1-11-3-5-12(6-4-11)14-9-13(10-20-15(14)17)16-18-7-2-8-19-16/h3-7,9-10H,2,8H2,1H3. The van der Waals surface area contributed by atoms with E-state index in [-0.39, 0.29) is 0 Å². The van der Waals surface area contributed by atoms with E-state index in [0.29, 0.717) is 11.4 Å². The Hall–Kier alpha value is -2.36. The van der Waals surface area contributed by atoms with E-state index in [1.165, 1.54) is 6.20 Å². The molecule has 1 aromatic carbocycles. The van der Waals surface area contributed by atoms with Crippen molar-refractivity contribution in [2.45, 2.75) is 13.3 Å². The van der Waals surface area contributed by atoms with Crippen molar-refractivity contribution < 1.29 is 4.39 Å². The second-order valence-electron chi connectivity index (χ2n) is 4.73. The van der Waals surface area contributed by atoms with Gasteiger partial charge in [-0.15, -0.1) is 0 Å². The quantitative estimate of drug-likeness (QED) is 0.768. The summed E-state index contributed by atoms with van der Waals surface area (Å²) in [6.45, 7) is 2.72. The fourth-order valence-corrected chi connectivity index (χ4v) is 2.09. The number of hydrogen-bond acceptors (Lipinski definition) is 3. The first kappa shape index (κ1) is 12.7. The molecule has 0 amide bonds. The van der Waals surface area contributed by atoms with Gasteiger partial charge in [0, 0.05) is 36.5 Å². The Balaban J connectivity index is 2.05. The van der Waals surface area contributed by atoms with E-state index < -0.39 is 5.95 Å². The van der Waals surface area contributed by atoms with Gasteiger partial charge in [0.15, 0.2) is 5.84 Å². The molecule has 2 heterocycles. The van der Waals surface area contributed by atoms with Gasteiger partial charge in [0.2, 0.25) is 5.95 Å². The number of aromatic nitrogens is 1. The van der Waals surface area contributed by atoms with Crippen LogP contribution in [0.3, 0.4) is 0 Å². The van der Waals surface area contributed by atoms with Gasteiger partial charge in [0.25, 0.3) is 0 Å². The first-order chi connectivity index (χ1) is 9.74. The predicted octanol–water partition coefficient (Wildman–Crippen LogP) is 3.42. The number of benzene rings is 1. The van der Waals surface area contributed by atoms with Gasteiger partial charge in [-0.2, -0.15) is 4.39 Å². The molecule has 0 atom stereocenters. The van der Waals surface area contributed by atoms with Crippen molar-refractivity contribution in [3.8, 4) is 11.1 Å². The van der Waals surface area contributed by atoms with Crippen LogP contribution < -0.4 is 0 Å². The van der Waals surface area contributed by atoms with Gasteiger partial charge in [-0.25, -0.2) is 9.98 Å². The zero-order valence-corrected chi connectivity index (χ0v) is 11.2. The van der Waals surface area contributed by atoms with Crippen LogP contribution in [0, 0.1) is 12.9 Å². The highest BCUT2D eigenvalue weighted by atomic mass is 19.1. The van der Waals surface area contributed by atoms with E-state index in [1.54, 1.807) is 6.07 Å². The molecule has 4 heteroatoms. The van der Waals surface area contributed by atoms with Crippen LogP contribution >= 0.6 is 0 Å². The molecule has 0 spiro atoms. The van der Waals surface area contributed by atoms with Crippen LogP contribution in [0.4, 0.5) is 4.39 Å². The lowest BCUT2D eigenvalue weighted by molar-refractivity contribution is 0.587. The highest BCUT2D eigenvalue weighted by Crippen LogP contribution is 2.23. The van der Waals surface area contributed by atoms with E-state index in [4.69, 9.17) is 0 Å². The molecule has 2 aromatic rings. The number of halogens is 1. The second-order valence-corrected chi connectivity index (χ2v) is 4.73. The van der Waals surface area contributed by atoms with Crippen molar-refractivity contribution in [1.29, 1.82) is 0 Å². The maximum Gasteiger partial charge on any atom is 0.220 e. The summed E-state index contributed by atoms with van der Waals surface area (Å²) in [6.07, 6.45) is 4.16.